The Labute approximate surface area is 152 Å². The Kier molecular flexibility index (Phi) is 6.52. The zero-order valence-electron chi connectivity index (χ0n) is 15.7. The predicted molar refractivity (Wildman–Crippen MR) is 104 cm³/mol. The summed E-state index contributed by atoms with van der Waals surface area (Å²) < 4.78 is 1.08. The standard InChI is InChI=1S/C19H26N4O3/c1-13(2)14-6-8-15(9-7-14)23-18(25)16(17(24)21-19(23)26)12-20-10-5-11-22(3)4/h6-9,12-13,25H,5,10-11H2,1-4H3,(H,21,24,26). The van der Waals surface area contributed by atoms with E-state index < -0.39 is 17.1 Å². The van der Waals surface area contributed by atoms with E-state index in [2.05, 4.69) is 23.8 Å². The first-order valence-electron chi connectivity index (χ1n) is 8.64. The van der Waals surface area contributed by atoms with E-state index in [1.165, 1.54) is 6.21 Å². The molecule has 26 heavy (non-hydrogen) atoms. The van der Waals surface area contributed by atoms with Gasteiger partial charge in [-0.25, -0.2) is 9.36 Å². The van der Waals surface area contributed by atoms with Crippen molar-refractivity contribution in [3.05, 3.63) is 56.2 Å². The Morgan fingerprint density at radius 3 is 2.46 bits per heavy atom. The summed E-state index contributed by atoms with van der Waals surface area (Å²) in [6, 6.07) is 7.28. The SMILES string of the molecule is CC(C)c1ccc(-n2c(O)c(C=NCCCN(C)C)c(=O)[nH]c2=O)cc1. The zero-order chi connectivity index (χ0) is 19.3. The van der Waals surface area contributed by atoms with Crippen LogP contribution in [-0.4, -0.2) is 53.0 Å². The lowest BCUT2D eigenvalue weighted by molar-refractivity contribution is 0.403. The van der Waals surface area contributed by atoms with Crippen LogP contribution in [0.4, 0.5) is 0 Å². The molecule has 0 aliphatic carbocycles. The molecule has 0 unspecified atom stereocenters. The van der Waals surface area contributed by atoms with Crippen molar-refractivity contribution in [1.29, 1.82) is 0 Å². The first kappa shape index (κ1) is 19.7. The third-order valence-electron chi connectivity index (χ3n) is 4.05. The van der Waals surface area contributed by atoms with E-state index in [1.807, 2.05) is 31.1 Å². The highest BCUT2D eigenvalue weighted by molar-refractivity contribution is 5.82. The van der Waals surface area contributed by atoms with Crippen LogP contribution in [0.15, 0.2) is 38.8 Å². The molecule has 2 rings (SSSR count). The van der Waals surface area contributed by atoms with Crippen molar-refractivity contribution in [3.8, 4) is 11.6 Å². The van der Waals surface area contributed by atoms with E-state index in [0.29, 0.717) is 18.2 Å². The maximum absolute atomic E-state index is 12.2. The summed E-state index contributed by atoms with van der Waals surface area (Å²) >= 11 is 0. The number of rotatable bonds is 7. The number of aromatic nitrogens is 2. The van der Waals surface area contributed by atoms with Crippen LogP contribution in [0.5, 0.6) is 5.88 Å². The van der Waals surface area contributed by atoms with Gasteiger partial charge in [-0.3, -0.25) is 14.8 Å². The summed E-state index contributed by atoms with van der Waals surface area (Å²) in [5, 5.41) is 10.5. The summed E-state index contributed by atoms with van der Waals surface area (Å²) in [6.45, 7) is 5.55. The highest BCUT2D eigenvalue weighted by atomic mass is 16.3. The topological polar surface area (TPSA) is 90.7 Å². The Balaban J connectivity index is 2.35. The van der Waals surface area contributed by atoms with Gasteiger partial charge in [0.25, 0.3) is 5.56 Å². The highest BCUT2D eigenvalue weighted by Crippen LogP contribution is 2.19. The molecule has 0 radical (unpaired) electrons. The van der Waals surface area contributed by atoms with Gasteiger partial charge in [0, 0.05) is 12.8 Å². The third-order valence-corrected chi connectivity index (χ3v) is 4.05. The normalized spacial score (nSPS) is 11.8. The van der Waals surface area contributed by atoms with Crippen LogP contribution in [0.1, 0.15) is 37.3 Å². The number of aromatic amines is 1. The molecule has 0 amide bonds. The van der Waals surface area contributed by atoms with Gasteiger partial charge in [0.15, 0.2) is 0 Å². The van der Waals surface area contributed by atoms with E-state index in [1.54, 1.807) is 12.1 Å². The number of aliphatic imine (C=N–C) groups is 1. The monoisotopic (exact) mass is 358 g/mol. The Hall–Kier alpha value is -2.67. The number of hydrogen-bond acceptors (Lipinski definition) is 5. The molecule has 140 valence electrons. The summed E-state index contributed by atoms with van der Waals surface area (Å²) in [5.41, 5.74) is 0.236. The first-order valence-corrected chi connectivity index (χ1v) is 8.64. The Morgan fingerprint density at radius 2 is 1.88 bits per heavy atom. The molecule has 0 saturated carbocycles. The molecule has 7 heteroatoms. The smallest absolute Gasteiger partial charge is 0.335 e. The van der Waals surface area contributed by atoms with Gasteiger partial charge in [-0.15, -0.1) is 0 Å². The fourth-order valence-electron chi connectivity index (χ4n) is 2.54. The minimum absolute atomic E-state index is 0.0256. The average molecular weight is 358 g/mol. The van der Waals surface area contributed by atoms with Crippen molar-refractivity contribution >= 4 is 6.21 Å². The number of nitrogens with one attached hydrogen (secondary N) is 1. The van der Waals surface area contributed by atoms with Gasteiger partial charge in [-0.05, 0) is 50.7 Å². The maximum atomic E-state index is 12.2. The van der Waals surface area contributed by atoms with Crippen LogP contribution in [0.3, 0.4) is 0 Å². The quantitative estimate of drug-likeness (QED) is 0.582. The van der Waals surface area contributed by atoms with Crippen LogP contribution in [0, 0.1) is 0 Å². The molecule has 0 aliphatic heterocycles. The van der Waals surface area contributed by atoms with Gasteiger partial charge in [0.2, 0.25) is 5.88 Å². The van der Waals surface area contributed by atoms with Crippen LogP contribution in [0.2, 0.25) is 0 Å². The number of nitrogens with zero attached hydrogens (tertiary/aromatic N) is 3. The highest BCUT2D eigenvalue weighted by Gasteiger charge is 2.14. The molecule has 1 aromatic heterocycles. The molecule has 2 aromatic rings. The minimum atomic E-state index is -0.686. The summed E-state index contributed by atoms with van der Waals surface area (Å²) in [6.07, 6.45) is 2.15. The summed E-state index contributed by atoms with van der Waals surface area (Å²) in [7, 11) is 3.95. The summed E-state index contributed by atoms with van der Waals surface area (Å²) in [4.78, 5) is 32.7. The van der Waals surface area contributed by atoms with Gasteiger partial charge >= 0.3 is 5.69 Å². The number of H-pyrrole nitrogens is 1. The van der Waals surface area contributed by atoms with Crippen molar-refractivity contribution < 1.29 is 5.11 Å². The predicted octanol–water partition coefficient (Wildman–Crippen LogP) is 1.73. The fourth-order valence-corrected chi connectivity index (χ4v) is 2.54. The van der Waals surface area contributed by atoms with E-state index >= 15 is 0 Å². The van der Waals surface area contributed by atoms with Crippen LogP contribution in [0.25, 0.3) is 5.69 Å². The molecule has 7 nitrogen and oxygen atoms in total. The van der Waals surface area contributed by atoms with Gasteiger partial charge < -0.3 is 10.0 Å². The van der Waals surface area contributed by atoms with Crippen molar-refractivity contribution in [2.75, 3.05) is 27.2 Å². The Morgan fingerprint density at radius 1 is 1.23 bits per heavy atom. The second-order valence-corrected chi connectivity index (χ2v) is 6.77. The van der Waals surface area contributed by atoms with Gasteiger partial charge in [0.1, 0.15) is 5.56 Å². The molecule has 0 saturated heterocycles. The molecule has 2 N–H and O–H groups in total. The Bertz CT molecular complexity index is 877. The lowest BCUT2D eigenvalue weighted by Crippen LogP contribution is -2.31. The summed E-state index contributed by atoms with van der Waals surface area (Å²) in [5.74, 6) is -0.0535. The molecule has 0 atom stereocenters. The molecular formula is C19H26N4O3. The van der Waals surface area contributed by atoms with Gasteiger partial charge in [0.05, 0.1) is 5.69 Å². The van der Waals surface area contributed by atoms with Gasteiger partial charge in [-0.1, -0.05) is 26.0 Å². The van der Waals surface area contributed by atoms with Crippen LogP contribution in [-0.2, 0) is 0 Å². The van der Waals surface area contributed by atoms with E-state index in [-0.39, 0.29) is 5.56 Å². The largest absolute Gasteiger partial charge is 0.493 e. The van der Waals surface area contributed by atoms with E-state index in [9.17, 15) is 14.7 Å². The molecule has 0 bridgehead atoms. The van der Waals surface area contributed by atoms with Crippen molar-refractivity contribution in [2.45, 2.75) is 26.2 Å². The number of aromatic hydroxyl groups is 1. The number of hydrogen-bond donors (Lipinski definition) is 2. The fraction of sp³-hybridized carbons (Fsp3) is 0.421. The zero-order valence-corrected chi connectivity index (χ0v) is 15.7. The number of benzene rings is 1. The van der Waals surface area contributed by atoms with Crippen molar-refractivity contribution in [1.82, 2.24) is 14.5 Å². The van der Waals surface area contributed by atoms with E-state index in [4.69, 9.17) is 0 Å². The van der Waals surface area contributed by atoms with Gasteiger partial charge in [-0.2, -0.15) is 0 Å². The van der Waals surface area contributed by atoms with Crippen molar-refractivity contribution in [3.63, 3.8) is 0 Å². The molecule has 0 aliphatic rings. The van der Waals surface area contributed by atoms with Crippen LogP contribution < -0.4 is 11.2 Å². The second kappa shape index (κ2) is 8.62. The maximum Gasteiger partial charge on any atom is 0.335 e. The average Bonchev–Trinajstić information content (AvgIpc) is 2.57. The molecule has 1 aromatic carbocycles. The first-order chi connectivity index (χ1) is 12.3. The molecular weight excluding hydrogens is 332 g/mol. The molecule has 0 fully saturated rings. The third kappa shape index (κ3) is 4.70. The minimum Gasteiger partial charge on any atom is -0.493 e. The van der Waals surface area contributed by atoms with Crippen LogP contribution >= 0.6 is 0 Å². The molecule has 0 spiro atoms. The lowest BCUT2D eigenvalue weighted by Gasteiger charge is -2.11. The van der Waals surface area contributed by atoms with E-state index in [0.717, 1.165) is 23.1 Å². The second-order valence-electron chi connectivity index (χ2n) is 6.77. The molecule has 1 heterocycles. The lowest BCUT2D eigenvalue weighted by atomic mass is 10.0. The van der Waals surface area contributed by atoms with Crippen molar-refractivity contribution in [2.24, 2.45) is 4.99 Å².